The molecule has 3 aromatic rings. The number of benzene rings is 1. The molecule has 8 heteroatoms. The van der Waals surface area contributed by atoms with E-state index in [1.165, 1.54) is 22.9 Å². The highest BCUT2D eigenvalue weighted by molar-refractivity contribution is 5.94. The molecule has 0 bridgehead atoms. The largest absolute Gasteiger partial charge is 0.352 e. The lowest BCUT2D eigenvalue weighted by atomic mass is 10.2. The van der Waals surface area contributed by atoms with Gasteiger partial charge in [0.05, 0.1) is 5.56 Å². The number of aryl methyl sites for hydroxylation is 2. The fourth-order valence-corrected chi connectivity index (χ4v) is 2.77. The molecular weight excluding hydrogens is 370 g/mol. The fourth-order valence-electron chi connectivity index (χ4n) is 2.77. The van der Waals surface area contributed by atoms with Gasteiger partial charge in [-0.1, -0.05) is 18.2 Å². The van der Waals surface area contributed by atoms with E-state index in [1.54, 1.807) is 29.9 Å². The molecular formula is C21H23N5O3. The summed E-state index contributed by atoms with van der Waals surface area (Å²) in [5.74, 6) is -0.517. The summed E-state index contributed by atoms with van der Waals surface area (Å²) in [6.07, 6.45) is 2.10. The first kappa shape index (κ1) is 20.1. The van der Waals surface area contributed by atoms with E-state index in [-0.39, 0.29) is 17.4 Å². The molecule has 3 rings (SSSR count). The van der Waals surface area contributed by atoms with E-state index in [4.69, 9.17) is 0 Å². The summed E-state index contributed by atoms with van der Waals surface area (Å²) in [5.41, 5.74) is 2.15. The lowest BCUT2D eigenvalue weighted by Crippen LogP contribution is -2.30. The minimum Gasteiger partial charge on any atom is -0.352 e. The zero-order valence-electron chi connectivity index (χ0n) is 16.4. The van der Waals surface area contributed by atoms with E-state index < -0.39 is 0 Å². The Bertz CT molecular complexity index is 1050. The van der Waals surface area contributed by atoms with Crippen molar-refractivity contribution in [3.63, 3.8) is 0 Å². The average molecular weight is 393 g/mol. The SMILES string of the molecule is Cc1cc(C(=O)NCCCNC(=O)c2ccc(=O)n(-c3ccccc3)c2)nn1C. The Morgan fingerprint density at radius 1 is 1.00 bits per heavy atom. The number of carbonyl (C=O) groups is 2. The van der Waals surface area contributed by atoms with Crippen molar-refractivity contribution in [3.05, 3.63) is 82.0 Å². The number of hydrogen-bond acceptors (Lipinski definition) is 4. The Hall–Kier alpha value is -3.68. The van der Waals surface area contributed by atoms with E-state index in [0.29, 0.717) is 36.5 Å². The Balaban J connectivity index is 1.50. The Kier molecular flexibility index (Phi) is 6.23. The van der Waals surface area contributed by atoms with Gasteiger partial charge in [-0.25, -0.2) is 0 Å². The van der Waals surface area contributed by atoms with E-state index in [9.17, 15) is 14.4 Å². The summed E-state index contributed by atoms with van der Waals surface area (Å²) >= 11 is 0. The second-order valence-electron chi connectivity index (χ2n) is 6.62. The molecule has 0 unspecified atom stereocenters. The minimum absolute atomic E-state index is 0.208. The number of nitrogens with zero attached hydrogens (tertiary/aromatic N) is 3. The van der Waals surface area contributed by atoms with Crippen LogP contribution in [0.4, 0.5) is 0 Å². The first-order chi connectivity index (χ1) is 14.0. The topological polar surface area (TPSA) is 98.0 Å². The number of amides is 2. The van der Waals surface area contributed by atoms with Gasteiger partial charge in [-0.05, 0) is 37.6 Å². The number of rotatable bonds is 7. The van der Waals surface area contributed by atoms with Crippen LogP contribution in [0.1, 0.15) is 33.0 Å². The lowest BCUT2D eigenvalue weighted by Gasteiger charge is -2.09. The quantitative estimate of drug-likeness (QED) is 0.594. The summed E-state index contributed by atoms with van der Waals surface area (Å²) < 4.78 is 3.08. The molecule has 2 N–H and O–H groups in total. The van der Waals surface area contributed by atoms with Crippen molar-refractivity contribution < 1.29 is 9.59 Å². The molecule has 0 aliphatic rings. The van der Waals surface area contributed by atoms with Crippen molar-refractivity contribution in [1.82, 2.24) is 25.0 Å². The Labute approximate surface area is 168 Å². The Morgan fingerprint density at radius 2 is 1.69 bits per heavy atom. The van der Waals surface area contributed by atoms with Gasteiger partial charge in [-0.2, -0.15) is 5.10 Å². The normalized spacial score (nSPS) is 10.6. The van der Waals surface area contributed by atoms with Crippen LogP contribution >= 0.6 is 0 Å². The standard InChI is InChI=1S/C21H23N5O3/c1-15-13-18(24-25(15)2)21(29)23-12-6-11-22-20(28)16-9-10-19(27)26(14-16)17-7-4-3-5-8-17/h3-5,7-10,13-14H,6,11-12H2,1-2H3,(H,22,28)(H,23,29). The molecule has 0 atom stereocenters. The summed E-state index contributed by atoms with van der Waals surface area (Å²) in [4.78, 5) is 36.5. The molecule has 0 fully saturated rings. The second kappa shape index (κ2) is 9.01. The lowest BCUT2D eigenvalue weighted by molar-refractivity contribution is 0.0947. The van der Waals surface area contributed by atoms with Crippen molar-refractivity contribution in [1.29, 1.82) is 0 Å². The molecule has 0 saturated heterocycles. The third-order valence-electron chi connectivity index (χ3n) is 4.48. The van der Waals surface area contributed by atoms with Crippen molar-refractivity contribution in [2.75, 3.05) is 13.1 Å². The predicted molar refractivity (Wildman–Crippen MR) is 109 cm³/mol. The van der Waals surface area contributed by atoms with Gasteiger partial charge in [0.15, 0.2) is 0 Å². The van der Waals surface area contributed by atoms with E-state index in [2.05, 4.69) is 15.7 Å². The van der Waals surface area contributed by atoms with Gasteiger partial charge in [-0.15, -0.1) is 0 Å². The van der Waals surface area contributed by atoms with Crippen molar-refractivity contribution in [2.24, 2.45) is 7.05 Å². The molecule has 150 valence electrons. The van der Waals surface area contributed by atoms with Crippen LogP contribution in [0.5, 0.6) is 0 Å². The summed E-state index contributed by atoms with van der Waals surface area (Å²) in [7, 11) is 1.78. The zero-order valence-corrected chi connectivity index (χ0v) is 16.4. The zero-order chi connectivity index (χ0) is 20.8. The van der Waals surface area contributed by atoms with Gasteiger partial charge in [-0.3, -0.25) is 23.6 Å². The molecule has 2 aromatic heterocycles. The van der Waals surface area contributed by atoms with Crippen LogP contribution in [0.25, 0.3) is 5.69 Å². The van der Waals surface area contributed by atoms with Crippen LogP contribution in [0.2, 0.25) is 0 Å². The van der Waals surface area contributed by atoms with Crippen LogP contribution in [-0.2, 0) is 7.05 Å². The number of nitrogens with one attached hydrogen (secondary N) is 2. The number of pyridine rings is 1. The molecule has 29 heavy (non-hydrogen) atoms. The maximum Gasteiger partial charge on any atom is 0.271 e. The monoisotopic (exact) mass is 393 g/mol. The van der Waals surface area contributed by atoms with Gasteiger partial charge in [0.2, 0.25) is 0 Å². The maximum atomic E-state index is 12.4. The van der Waals surface area contributed by atoms with Gasteiger partial charge in [0.1, 0.15) is 5.69 Å². The number of hydrogen-bond donors (Lipinski definition) is 2. The minimum atomic E-state index is -0.277. The smallest absolute Gasteiger partial charge is 0.271 e. The fraction of sp³-hybridized carbons (Fsp3) is 0.238. The van der Waals surface area contributed by atoms with Gasteiger partial charge < -0.3 is 10.6 Å². The molecule has 0 spiro atoms. The van der Waals surface area contributed by atoms with Crippen molar-refractivity contribution in [2.45, 2.75) is 13.3 Å². The molecule has 0 saturated carbocycles. The van der Waals surface area contributed by atoms with Crippen LogP contribution < -0.4 is 16.2 Å². The summed E-state index contributed by atoms with van der Waals surface area (Å²) in [6.45, 7) is 2.68. The maximum absolute atomic E-state index is 12.4. The number of para-hydroxylation sites is 1. The molecule has 0 radical (unpaired) electrons. The third-order valence-corrected chi connectivity index (χ3v) is 4.48. The molecule has 0 aliphatic carbocycles. The van der Waals surface area contributed by atoms with Crippen LogP contribution in [0.3, 0.4) is 0 Å². The van der Waals surface area contributed by atoms with Crippen molar-refractivity contribution in [3.8, 4) is 5.69 Å². The third kappa shape index (κ3) is 4.98. The first-order valence-corrected chi connectivity index (χ1v) is 9.31. The molecule has 2 heterocycles. The van der Waals surface area contributed by atoms with Crippen LogP contribution in [-0.4, -0.2) is 39.3 Å². The van der Waals surface area contributed by atoms with Crippen molar-refractivity contribution >= 4 is 11.8 Å². The summed E-state index contributed by atoms with van der Waals surface area (Å²) in [6, 6.07) is 13.7. The predicted octanol–water partition coefficient (Wildman–Crippen LogP) is 1.43. The van der Waals surface area contributed by atoms with Gasteiger partial charge in [0, 0.05) is 43.8 Å². The average Bonchev–Trinajstić information content (AvgIpc) is 3.07. The molecule has 1 aromatic carbocycles. The van der Waals surface area contributed by atoms with E-state index in [1.807, 2.05) is 25.1 Å². The van der Waals surface area contributed by atoms with Gasteiger partial charge >= 0.3 is 0 Å². The molecule has 8 nitrogen and oxygen atoms in total. The highest BCUT2D eigenvalue weighted by Gasteiger charge is 2.11. The first-order valence-electron chi connectivity index (χ1n) is 9.31. The molecule has 2 amide bonds. The Morgan fingerprint density at radius 3 is 2.34 bits per heavy atom. The highest BCUT2D eigenvalue weighted by Crippen LogP contribution is 2.06. The number of aromatic nitrogens is 3. The van der Waals surface area contributed by atoms with Crippen LogP contribution in [0, 0.1) is 6.92 Å². The summed E-state index contributed by atoms with van der Waals surface area (Å²) in [5, 5.41) is 9.70. The highest BCUT2D eigenvalue weighted by atomic mass is 16.2. The molecule has 0 aliphatic heterocycles. The van der Waals surface area contributed by atoms with Crippen LogP contribution in [0.15, 0.2) is 59.5 Å². The van der Waals surface area contributed by atoms with Gasteiger partial charge in [0.25, 0.3) is 17.4 Å². The number of carbonyl (C=O) groups excluding carboxylic acids is 2. The second-order valence-corrected chi connectivity index (χ2v) is 6.62. The van der Waals surface area contributed by atoms with E-state index in [0.717, 1.165) is 5.69 Å². The van der Waals surface area contributed by atoms with E-state index >= 15 is 0 Å².